The number of halogens is 1. The van der Waals surface area contributed by atoms with Gasteiger partial charge in [-0.2, -0.15) is 5.26 Å². The fraction of sp³-hybridized carbons (Fsp3) is 0.0741. The number of benzene rings is 4. The molecule has 0 aliphatic rings. The lowest BCUT2D eigenvalue weighted by atomic mass is 10.0. The van der Waals surface area contributed by atoms with E-state index in [0.717, 1.165) is 16.3 Å². The minimum atomic E-state index is -0.485. The summed E-state index contributed by atoms with van der Waals surface area (Å²) < 4.78 is 11.6. The average Bonchev–Trinajstić information content (AvgIpc) is 2.86. The van der Waals surface area contributed by atoms with Gasteiger partial charge in [-0.15, -0.1) is 0 Å². The Hall–Kier alpha value is -4.34. The van der Waals surface area contributed by atoms with Gasteiger partial charge < -0.3 is 9.47 Å². The highest BCUT2D eigenvalue weighted by Crippen LogP contribution is 2.38. The van der Waals surface area contributed by atoms with Crippen molar-refractivity contribution in [2.75, 3.05) is 7.11 Å². The van der Waals surface area contributed by atoms with Gasteiger partial charge in [0.25, 0.3) is 5.69 Å². The van der Waals surface area contributed by atoms with Crippen molar-refractivity contribution >= 4 is 39.7 Å². The molecule has 0 fully saturated rings. The van der Waals surface area contributed by atoms with Crippen LogP contribution in [0.2, 0.25) is 5.02 Å². The summed E-state index contributed by atoms with van der Waals surface area (Å²) in [5, 5.41) is 23.1. The Balaban J connectivity index is 1.62. The van der Waals surface area contributed by atoms with Crippen LogP contribution in [-0.2, 0) is 6.61 Å². The molecule has 0 heterocycles. The van der Waals surface area contributed by atoms with Crippen LogP contribution in [-0.4, -0.2) is 12.0 Å². The van der Waals surface area contributed by atoms with E-state index in [2.05, 4.69) is 6.07 Å². The summed E-state index contributed by atoms with van der Waals surface area (Å²) in [6, 6.07) is 25.4. The number of nitro benzene ring substituents is 1. The number of ether oxygens (including phenoxy) is 2. The van der Waals surface area contributed by atoms with Crippen LogP contribution in [0.5, 0.6) is 11.5 Å². The van der Waals surface area contributed by atoms with Gasteiger partial charge in [-0.25, -0.2) is 0 Å². The molecule has 0 unspecified atom stereocenters. The third-order valence-corrected chi connectivity index (χ3v) is 5.61. The first kappa shape index (κ1) is 22.8. The predicted octanol–water partition coefficient (Wildman–Crippen LogP) is 7.05. The zero-order chi connectivity index (χ0) is 24.1. The highest BCUT2D eigenvalue weighted by atomic mass is 35.5. The highest BCUT2D eigenvalue weighted by molar-refractivity contribution is 6.32. The van der Waals surface area contributed by atoms with Crippen molar-refractivity contribution in [3.8, 4) is 17.6 Å². The van der Waals surface area contributed by atoms with E-state index in [1.54, 1.807) is 18.2 Å². The molecule has 0 aliphatic carbocycles. The Morgan fingerprint density at radius 2 is 1.82 bits per heavy atom. The smallest absolute Gasteiger partial charge is 0.269 e. The molecule has 0 saturated heterocycles. The summed E-state index contributed by atoms with van der Waals surface area (Å²) in [6.45, 7) is 0.304. The van der Waals surface area contributed by atoms with Crippen molar-refractivity contribution in [2.45, 2.75) is 6.61 Å². The molecule has 7 heteroatoms. The van der Waals surface area contributed by atoms with E-state index in [0.29, 0.717) is 39.8 Å². The zero-order valence-electron chi connectivity index (χ0n) is 18.2. The number of rotatable bonds is 7. The standard InChI is InChI=1S/C27H19ClN2O4/c1-33-26-15-18(13-22(16-29)19-9-11-23(12-10-19)30(31)32)14-25(28)27(26)34-17-21-7-4-6-20-5-2-3-8-24(20)21/h2-15H,17H2,1H3/b22-13-. The van der Waals surface area contributed by atoms with E-state index < -0.39 is 4.92 Å². The van der Waals surface area contributed by atoms with Crippen LogP contribution in [0.3, 0.4) is 0 Å². The largest absolute Gasteiger partial charge is 0.493 e. The summed E-state index contributed by atoms with van der Waals surface area (Å²) in [4.78, 5) is 10.4. The lowest BCUT2D eigenvalue weighted by Gasteiger charge is -2.14. The van der Waals surface area contributed by atoms with Crippen molar-refractivity contribution in [3.05, 3.63) is 111 Å². The van der Waals surface area contributed by atoms with Gasteiger partial charge in [-0.1, -0.05) is 54.1 Å². The minimum absolute atomic E-state index is 0.0431. The van der Waals surface area contributed by atoms with Crippen molar-refractivity contribution in [3.63, 3.8) is 0 Å². The number of hydrogen-bond donors (Lipinski definition) is 0. The zero-order valence-corrected chi connectivity index (χ0v) is 19.0. The van der Waals surface area contributed by atoms with Crippen molar-refractivity contribution in [1.29, 1.82) is 5.26 Å². The van der Waals surface area contributed by atoms with Crippen LogP contribution >= 0.6 is 11.6 Å². The molecule has 0 bridgehead atoms. The molecule has 0 radical (unpaired) electrons. The molecule has 0 aliphatic heterocycles. The molecule has 4 aromatic rings. The van der Waals surface area contributed by atoms with Gasteiger partial charge in [0.1, 0.15) is 6.61 Å². The summed E-state index contributed by atoms with van der Waals surface area (Å²) in [6.07, 6.45) is 1.64. The normalized spacial score (nSPS) is 11.1. The number of methoxy groups -OCH3 is 1. The molecule has 168 valence electrons. The van der Waals surface area contributed by atoms with E-state index in [1.165, 1.54) is 31.4 Å². The first-order valence-electron chi connectivity index (χ1n) is 10.3. The molecular weight excluding hydrogens is 452 g/mol. The van der Waals surface area contributed by atoms with E-state index in [4.69, 9.17) is 21.1 Å². The van der Waals surface area contributed by atoms with Crippen LogP contribution in [0.1, 0.15) is 16.7 Å². The van der Waals surface area contributed by atoms with Crippen LogP contribution in [0.25, 0.3) is 22.4 Å². The SMILES string of the molecule is COc1cc(/C=C(/C#N)c2ccc([N+](=O)[O-])cc2)cc(Cl)c1OCc1cccc2ccccc12. The van der Waals surface area contributed by atoms with E-state index in [9.17, 15) is 15.4 Å². The van der Waals surface area contributed by atoms with E-state index >= 15 is 0 Å². The lowest BCUT2D eigenvalue weighted by molar-refractivity contribution is -0.384. The van der Waals surface area contributed by atoms with Gasteiger partial charge in [-0.05, 0) is 57.8 Å². The Morgan fingerprint density at radius 3 is 2.53 bits per heavy atom. The Bertz CT molecular complexity index is 1430. The third kappa shape index (κ3) is 4.85. The molecule has 0 amide bonds. The summed E-state index contributed by atoms with van der Waals surface area (Å²) in [5.41, 5.74) is 2.50. The van der Waals surface area contributed by atoms with Gasteiger partial charge >= 0.3 is 0 Å². The van der Waals surface area contributed by atoms with Crippen LogP contribution in [0.4, 0.5) is 5.69 Å². The number of hydrogen-bond acceptors (Lipinski definition) is 5. The van der Waals surface area contributed by atoms with E-state index in [1.807, 2.05) is 42.5 Å². The lowest BCUT2D eigenvalue weighted by Crippen LogP contribution is -1.99. The van der Waals surface area contributed by atoms with Gasteiger partial charge in [0.05, 0.1) is 28.7 Å². The van der Waals surface area contributed by atoms with Crippen molar-refractivity contribution in [2.24, 2.45) is 0 Å². The maximum atomic E-state index is 10.9. The second kappa shape index (κ2) is 10.1. The molecule has 0 N–H and O–H groups in total. The number of nitro groups is 1. The van der Waals surface area contributed by atoms with Crippen molar-refractivity contribution < 1.29 is 14.4 Å². The molecule has 4 aromatic carbocycles. The molecule has 0 spiro atoms. The summed E-state index contributed by atoms with van der Waals surface area (Å²) in [5.74, 6) is 0.836. The maximum absolute atomic E-state index is 10.9. The second-order valence-corrected chi connectivity index (χ2v) is 7.84. The van der Waals surface area contributed by atoms with Crippen LogP contribution in [0.15, 0.2) is 78.9 Å². The minimum Gasteiger partial charge on any atom is -0.493 e. The van der Waals surface area contributed by atoms with Gasteiger partial charge in [0, 0.05) is 12.1 Å². The molecule has 0 atom stereocenters. The van der Waals surface area contributed by atoms with E-state index in [-0.39, 0.29) is 5.69 Å². The average molecular weight is 471 g/mol. The van der Waals surface area contributed by atoms with Gasteiger partial charge in [-0.3, -0.25) is 10.1 Å². The molecule has 34 heavy (non-hydrogen) atoms. The summed E-state index contributed by atoms with van der Waals surface area (Å²) >= 11 is 6.53. The third-order valence-electron chi connectivity index (χ3n) is 5.32. The molecule has 6 nitrogen and oxygen atoms in total. The number of non-ortho nitro benzene ring substituents is 1. The van der Waals surface area contributed by atoms with Crippen LogP contribution in [0, 0.1) is 21.4 Å². The highest BCUT2D eigenvalue weighted by Gasteiger charge is 2.14. The molecule has 4 rings (SSSR count). The molecule has 0 saturated carbocycles. The quantitative estimate of drug-likeness (QED) is 0.125. The van der Waals surface area contributed by atoms with Crippen LogP contribution < -0.4 is 9.47 Å². The first-order chi connectivity index (χ1) is 16.5. The second-order valence-electron chi connectivity index (χ2n) is 7.43. The molecule has 0 aromatic heterocycles. The number of nitriles is 1. The monoisotopic (exact) mass is 470 g/mol. The Morgan fingerprint density at radius 1 is 1.09 bits per heavy atom. The van der Waals surface area contributed by atoms with Gasteiger partial charge in [0.2, 0.25) is 0 Å². The molecular formula is C27H19ClN2O4. The van der Waals surface area contributed by atoms with Crippen molar-refractivity contribution in [1.82, 2.24) is 0 Å². The fourth-order valence-corrected chi connectivity index (χ4v) is 3.91. The summed E-state index contributed by atoms with van der Waals surface area (Å²) in [7, 11) is 1.52. The first-order valence-corrected chi connectivity index (χ1v) is 10.7. The number of nitrogens with zero attached hydrogens (tertiary/aromatic N) is 2. The van der Waals surface area contributed by atoms with Gasteiger partial charge in [0.15, 0.2) is 11.5 Å². The fourth-order valence-electron chi connectivity index (χ4n) is 3.64. The number of allylic oxidation sites excluding steroid dienone is 1. The Labute approximate surface area is 201 Å². The topological polar surface area (TPSA) is 85.4 Å². The maximum Gasteiger partial charge on any atom is 0.269 e. The predicted molar refractivity (Wildman–Crippen MR) is 133 cm³/mol. The Kier molecular flexibility index (Phi) is 6.77. The number of fused-ring (bicyclic) bond motifs is 1.